The average molecular weight is 491 g/mol. The molecule has 0 saturated carbocycles. The lowest BCUT2D eigenvalue weighted by molar-refractivity contribution is 0.479. The van der Waals surface area contributed by atoms with E-state index in [0.717, 1.165) is 22.3 Å². The Labute approximate surface area is 224 Å². The van der Waals surface area contributed by atoms with Crippen LogP contribution in [0.3, 0.4) is 0 Å². The van der Waals surface area contributed by atoms with Gasteiger partial charge in [0.1, 0.15) is 5.75 Å². The molecule has 0 spiro atoms. The number of benzene rings is 4. The van der Waals surface area contributed by atoms with Crippen LogP contribution in [-0.2, 0) is 16.2 Å². The van der Waals surface area contributed by atoms with Gasteiger partial charge in [-0.15, -0.1) is 0 Å². The molecule has 0 aliphatic rings. The lowest BCUT2D eigenvalue weighted by Gasteiger charge is -2.30. The average Bonchev–Trinajstić information content (AvgIpc) is 2.82. The Balaban J connectivity index is 2.02. The number of rotatable bonds is 3. The first-order chi connectivity index (χ1) is 17.2. The van der Waals surface area contributed by atoms with Gasteiger partial charge in [0.2, 0.25) is 0 Å². The molecule has 4 aromatic rings. The van der Waals surface area contributed by atoms with E-state index in [9.17, 15) is 5.11 Å². The summed E-state index contributed by atoms with van der Waals surface area (Å²) < 4.78 is 0. The van der Waals surface area contributed by atoms with Crippen LogP contribution in [0.5, 0.6) is 5.75 Å². The van der Waals surface area contributed by atoms with Gasteiger partial charge < -0.3 is 5.11 Å². The number of hydrogen-bond donors (Lipinski definition) is 1. The zero-order chi connectivity index (χ0) is 27.2. The summed E-state index contributed by atoms with van der Waals surface area (Å²) in [4.78, 5) is 0. The first-order valence-corrected chi connectivity index (χ1v) is 13.4. The zero-order valence-corrected chi connectivity index (χ0v) is 24.0. The number of phenolic OH excluding ortho intramolecular Hbond substituents is 1. The number of hydrogen-bond acceptors (Lipinski definition) is 1. The number of phenols is 1. The Hall–Kier alpha value is -3.32. The van der Waals surface area contributed by atoms with Crippen molar-refractivity contribution in [1.29, 1.82) is 0 Å². The maximum Gasteiger partial charge on any atom is 0.131 e. The van der Waals surface area contributed by atoms with E-state index in [-0.39, 0.29) is 16.2 Å². The standard InChI is InChI=1S/C36H42O/c1-34(2,3)26-21-25(22-27(23-26)35(4,5)6)28-17-13-19-30(32(28)36(7,8)9)31-20-14-18-29(33(31)37)24-15-11-10-12-16-24/h10-23,37H,1-9H3. The maximum absolute atomic E-state index is 11.5. The Morgan fingerprint density at radius 2 is 0.919 bits per heavy atom. The SMILES string of the molecule is CC(C)(C)c1cc(-c2cccc(-c3cccc(-c4ccccc4)c3O)c2C(C)(C)C)cc(C(C)(C)C)c1. The monoisotopic (exact) mass is 490 g/mol. The third-order valence-electron chi connectivity index (χ3n) is 7.20. The van der Waals surface area contributed by atoms with Crippen LogP contribution in [0.25, 0.3) is 33.4 Å². The molecule has 0 atom stereocenters. The lowest BCUT2D eigenvalue weighted by Crippen LogP contribution is -2.18. The number of para-hydroxylation sites is 1. The van der Waals surface area contributed by atoms with E-state index >= 15 is 0 Å². The Morgan fingerprint density at radius 1 is 0.432 bits per heavy atom. The van der Waals surface area contributed by atoms with Crippen molar-refractivity contribution in [3.05, 3.63) is 102 Å². The van der Waals surface area contributed by atoms with Crippen LogP contribution < -0.4 is 0 Å². The third-order valence-corrected chi connectivity index (χ3v) is 7.20. The van der Waals surface area contributed by atoms with Gasteiger partial charge in [0.15, 0.2) is 0 Å². The highest BCUT2D eigenvalue weighted by atomic mass is 16.3. The molecule has 1 heteroatoms. The molecule has 192 valence electrons. The summed E-state index contributed by atoms with van der Waals surface area (Å²) in [5.41, 5.74) is 10.2. The van der Waals surface area contributed by atoms with Crippen LogP contribution in [0, 0.1) is 0 Å². The molecule has 4 rings (SSSR count). The molecule has 37 heavy (non-hydrogen) atoms. The third kappa shape index (κ3) is 5.52. The summed E-state index contributed by atoms with van der Waals surface area (Å²) in [6.45, 7) is 20.5. The van der Waals surface area contributed by atoms with E-state index in [1.54, 1.807) is 0 Å². The van der Waals surface area contributed by atoms with E-state index < -0.39 is 0 Å². The smallest absolute Gasteiger partial charge is 0.131 e. The molecule has 4 aromatic carbocycles. The summed E-state index contributed by atoms with van der Waals surface area (Å²) in [5, 5.41) is 11.5. The predicted molar refractivity (Wildman–Crippen MR) is 161 cm³/mol. The van der Waals surface area contributed by atoms with E-state index in [1.165, 1.54) is 27.8 Å². The molecule has 0 unspecified atom stereocenters. The van der Waals surface area contributed by atoms with Gasteiger partial charge in [0.05, 0.1) is 0 Å². The molecule has 0 aliphatic heterocycles. The molecule has 0 aliphatic carbocycles. The Kier molecular flexibility index (Phi) is 6.88. The van der Waals surface area contributed by atoms with Gasteiger partial charge in [-0.25, -0.2) is 0 Å². The molecule has 0 aromatic heterocycles. The van der Waals surface area contributed by atoms with Crippen molar-refractivity contribution >= 4 is 0 Å². The highest BCUT2D eigenvalue weighted by Gasteiger charge is 2.27. The van der Waals surface area contributed by atoms with Crippen molar-refractivity contribution < 1.29 is 5.11 Å². The van der Waals surface area contributed by atoms with Crippen LogP contribution >= 0.6 is 0 Å². The molecular formula is C36H42O. The molecule has 0 heterocycles. The number of aromatic hydroxyl groups is 1. The highest BCUT2D eigenvalue weighted by Crippen LogP contribution is 2.46. The quantitative estimate of drug-likeness (QED) is 0.303. The second-order valence-corrected chi connectivity index (χ2v) is 13.3. The van der Waals surface area contributed by atoms with Gasteiger partial charge in [-0.05, 0) is 55.2 Å². The van der Waals surface area contributed by atoms with E-state index in [4.69, 9.17) is 0 Å². The molecule has 0 bridgehead atoms. The normalized spacial score (nSPS) is 12.6. The van der Waals surface area contributed by atoms with Gasteiger partial charge in [-0.1, -0.05) is 147 Å². The zero-order valence-electron chi connectivity index (χ0n) is 24.0. The minimum atomic E-state index is -0.138. The topological polar surface area (TPSA) is 20.2 Å². The Morgan fingerprint density at radius 3 is 1.43 bits per heavy atom. The maximum atomic E-state index is 11.5. The predicted octanol–water partition coefficient (Wildman–Crippen LogP) is 10.3. The minimum Gasteiger partial charge on any atom is -0.507 e. The molecule has 0 amide bonds. The van der Waals surface area contributed by atoms with Crippen molar-refractivity contribution in [2.24, 2.45) is 0 Å². The minimum absolute atomic E-state index is 0.0395. The molecule has 0 radical (unpaired) electrons. The van der Waals surface area contributed by atoms with E-state index in [2.05, 4.69) is 105 Å². The summed E-state index contributed by atoms with van der Waals surface area (Å²) in [6.07, 6.45) is 0. The largest absolute Gasteiger partial charge is 0.507 e. The molecular weight excluding hydrogens is 448 g/mol. The van der Waals surface area contributed by atoms with E-state index in [0.29, 0.717) is 5.75 Å². The lowest BCUT2D eigenvalue weighted by atomic mass is 9.74. The molecule has 1 nitrogen and oxygen atoms in total. The van der Waals surface area contributed by atoms with Gasteiger partial charge in [0, 0.05) is 11.1 Å². The van der Waals surface area contributed by atoms with Gasteiger partial charge in [-0.3, -0.25) is 0 Å². The van der Waals surface area contributed by atoms with Crippen LogP contribution in [0.4, 0.5) is 0 Å². The Bertz CT molecular complexity index is 1370. The van der Waals surface area contributed by atoms with Crippen LogP contribution in [0.1, 0.15) is 79.0 Å². The first kappa shape index (κ1) is 26.7. The fourth-order valence-electron chi connectivity index (χ4n) is 5.09. The molecule has 0 fully saturated rings. The fourth-order valence-corrected chi connectivity index (χ4v) is 5.09. The van der Waals surface area contributed by atoms with E-state index in [1.807, 2.05) is 42.5 Å². The summed E-state index contributed by atoms with van der Waals surface area (Å²) in [7, 11) is 0. The highest BCUT2D eigenvalue weighted by molar-refractivity contribution is 5.87. The van der Waals surface area contributed by atoms with Crippen LogP contribution in [0.15, 0.2) is 84.9 Å². The van der Waals surface area contributed by atoms with Crippen molar-refractivity contribution in [1.82, 2.24) is 0 Å². The van der Waals surface area contributed by atoms with Gasteiger partial charge in [0.25, 0.3) is 0 Å². The molecule has 0 saturated heterocycles. The summed E-state index contributed by atoms with van der Waals surface area (Å²) in [6, 6.07) is 29.9. The van der Waals surface area contributed by atoms with Crippen molar-refractivity contribution in [2.75, 3.05) is 0 Å². The van der Waals surface area contributed by atoms with Crippen molar-refractivity contribution in [3.63, 3.8) is 0 Å². The fraction of sp³-hybridized carbons (Fsp3) is 0.333. The van der Waals surface area contributed by atoms with Crippen molar-refractivity contribution in [2.45, 2.75) is 78.6 Å². The van der Waals surface area contributed by atoms with Crippen LogP contribution in [0.2, 0.25) is 0 Å². The summed E-state index contributed by atoms with van der Waals surface area (Å²) in [5.74, 6) is 0.329. The second-order valence-electron chi connectivity index (χ2n) is 13.3. The second kappa shape index (κ2) is 9.53. The first-order valence-electron chi connectivity index (χ1n) is 13.4. The van der Waals surface area contributed by atoms with Crippen molar-refractivity contribution in [3.8, 4) is 39.1 Å². The van der Waals surface area contributed by atoms with Gasteiger partial charge >= 0.3 is 0 Å². The molecule has 1 N–H and O–H groups in total. The van der Waals surface area contributed by atoms with Crippen LogP contribution in [-0.4, -0.2) is 5.11 Å². The summed E-state index contributed by atoms with van der Waals surface area (Å²) >= 11 is 0. The van der Waals surface area contributed by atoms with Gasteiger partial charge in [-0.2, -0.15) is 0 Å².